The Hall–Kier alpha value is -0.0800. The molecule has 0 saturated carbocycles. The smallest absolute Gasteiger partial charge is 0.284 e. The molecular weight excluding hydrogens is 295 g/mol. The van der Waals surface area contributed by atoms with Crippen LogP contribution in [-0.2, 0) is 10.1 Å². The van der Waals surface area contributed by atoms with Gasteiger partial charge in [0, 0.05) is 6.42 Å². The lowest BCUT2D eigenvalue weighted by molar-refractivity contribution is 0.424. The van der Waals surface area contributed by atoms with Gasteiger partial charge >= 0.3 is 0 Å². The van der Waals surface area contributed by atoms with Crippen LogP contribution in [0.2, 0.25) is 0 Å². The Morgan fingerprint density at radius 2 is 2.17 bits per heavy atom. The minimum absolute atomic E-state index is 0.0194. The van der Waals surface area contributed by atoms with E-state index < -0.39 is 12.9 Å². The third-order valence-electron chi connectivity index (χ3n) is 1.52. The van der Waals surface area contributed by atoms with Crippen molar-refractivity contribution < 1.29 is 18.1 Å². The summed E-state index contributed by atoms with van der Waals surface area (Å²) >= 11 is 1.63. The highest BCUT2D eigenvalue weighted by Crippen LogP contribution is 2.34. The van der Waals surface area contributed by atoms with Gasteiger partial charge in [-0.3, -0.25) is 4.55 Å². The van der Waals surface area contributed by atoms with Crippen LogP contribution in [0, 0.1) is 0 Å². The van der Waals surface area contributed by atoms with Gasteiger partial charge in [0.25, 0.3) is 10.1 Å². The van der Waals surface area contributed by atoms with E-state index in [1.165, 1.54) is 18.2 Å². The SMILES string of the molecule is O=S(=O)(O)C1(I)C=CC(O)=CC1. The number of rotatable bonds is 1. The number of aliphatic hydroxyl groups excluding tert-OH is 1. The number of hydrogen-bond acceptors (Lipinski definition) is 3. The van der Waals surface area contributed by atoms with E-state index in [-0.39, 0.29) is 12.2 Å². The molecule has 4 nitrogen and oxygen atoms in total. The number of aliphatic hydroxyl groups is 1. The Kier molecular flexibility index (Phi) is 2.50. The van der Waals surface area contributed by atoms with E-state index in [2.05, 4.69) is 0 Å². The van der Waals surface area contributed by atoms with Crippen molar-refractivity contribution in [2.75, 3.05) is 0 Å². The van der Waals surface area contributed by atoms with Crippen LogP contribution in [-0.4, -0.2) is 20.8 Å². The predicted molar refractivity (Wildman–Crippen MR) is 52.8 cm³/mol. The molecule has 1 atom stereocenters. The van der Waals surface area contributed by atoms with Gasteiger partial charge < -0.3 is 5.11 Å². The summed E-state index contributed by atoms with van der Waals surface area (Å²) in [6.07, 6.45) is 3.94. The van der Waals surface area contributed by atoms with Crippen LogP contribution < -0.4 is 0 Å². The van der Waals surface area contributed by atoms with Crippen LogP contribution in [0.5, 0.6) is 0 Å². The lowest BCUT2D eigenvalue weighted by Gasteiger charge is -2.20. The molecule has 0 saturated heterocycles. The van der Waals surface area contributed by atoms with Crippen molar-refractivity contribution in [3.8, 4) is 0 Å². The maximum Gasteiger partial charge on any atom is 0.284 e. The average molecular weight is 302 g/mol. The van der Waals surface area contributed by atoms with Crippen molar-refractivity contribution in [3.05, 3.63) is 24.0 Å². The van der Waals surface area contributed by atoms with Crippen molar-refractivity contribution >= 4 is 32.7 Å². The standard InChI is InChI=1S/C6H7IO4S/c7-6(12(9,10)11)3-1-5(8)2-4-6/h1-3,8H,4H2,(H,9,10,11). The molecule has 1 unspecified atom stereocenters. The van der Waals surface area contributed by atoms with Gasteiger partial charge in [-0.25, -0.2) is 0 Å². The second kappa shape index (κ2) is 3.00. The van der Waals surface area contributed by atoms with E-state index in [0.29, 0.717) is 0 Å². The third-order valence-corrected chi connectivity index (χ3v) is 5.15. The highest BCUT2D eigenvalue weighted by atomic mass is 127. The van der Waals surface area contributed by atoms with Gasteiger partial charge in [-0.1, -0.05) is 22.6 Å². The van der Waals surface area contributed by atoms with Gasteiger partial charge in [0.1, 0.15) is 5.76 Å². The van der Waals surface area contributed by atoms with Crippen molar-refractivity contribution in [1.82, 2.24) is 0 Å². The first-order valence-electron chi connectivity index (χ1n) is 3.09. The Balaban J connectivity index is 3.02. The summed E-state index contributed by atoms with van der Waals surface area (Å²) < 4.78 is 29.1. The second-order valence-electron chi connectivity index (χ2n) is 2.43. The zero-order valence-electron chi connectivity index (χ0n) is 5.94. The van der Waals surface area contributed by atoms with Gasteiger partial charge in [-0.2, -0.15) is 8.42 Å². The second-order valence-corrected chi connectivity index (χ2v) is 6.76. The van der Waals surface area contributed by atoms with Gasteiger partial charge in [0.15, 0.2) is 2.75 Å². The minimum Gasteiger partial charge on any atom is -0.508 e. The normalized spacial score (nSPS) is 30.0. The van der Waals surface area contributed by atoms with Crippen LogP contribution >= 0.6 is 22.6 Å². The monoisotopic (exact) mass is 302 g/mol. The van der Waals surface area contributed by atoms with Crippen molar-refractivity contribution in [1.29, 1.82) is 0 Å². The van der Waals surface area contributed by atoms with E-state index in [1.807, 2.05) is 0 Å². The first-order chi connectivity index (χ1) is 5.35. The Labute approximate surface area is 83.9 Å². The molecule has 0 bridgehead atoms. The molecule has 6 heteroatoms. The zero-order valence-corrected chi connectivity index (χ0v) is 8.91. The van der Waals surface area contributed by atoms with Crippen molar-refractivity contribution in [2.45, 2.75) is 9.17 Å². The molecule has 0 spiro atoms. The maximum atomic E-state index is 10.8. The molecular formula is C6H7IO4S. The zero-order chi connectivity index (χ0) is 9.41. The van der Waals surface area contributed by atoms with Gasteiger partial charge in [0.2, 0.25) is 0 Å². The molecule has 0 fully saturated rings. The molecule has 0 aromatic heterocycles. The van der Waals surface area contributed by atoms with Crippen LogP contribution in [0.4, 0.5) is 0 Å². The number of alkyl halides is 1. The van der Waals surface area contributed by atoms with Crippen LogP contribution in [0.3, 0.4) is 0 Å². The molecule has 1 rings (SSSR count). The summed E-state index contributed by atoms with van der Waals surface area (Å²) in [5, 5.41) is 8.90. The predicted octanol–water partition coefficient (Wildman–Crippen LogP) is 1.41. The van der Waals surface area contributed by atoms with E-state index in [4.69, 9.17) is 9.66 Å². The van der Waals surface area contributed by atoms with Crippen LogP contribution in [0.25, 0.3) is 0 Å². The lowest BCUT2D eigenvalue weighted by Crippen LogP contribution is -2.29. The summed E-state index contributed by atoms with van der Waals surface area (Å²) in [6.45, 7) is 0. The van der Waals surface area contributed by atoms with E-state index in [9.17, 15) is 8.42 Å². The largest absolute Gasteiger partial charge is 0.508 e. The van der Waals surface area contributed by atoms with E-state index >= 15 is 0 Å². The maximum absolute atomic E-state index is 10.8. The Morgan fingerprint density at radius 3 is 2.50 bits per heavy atom. The van der Waals surface area contributed by atoms with Crippen LogP contribution in [0.1, 0.15) is 6.42 Å². The first-order valence-corrected chi connectivity index (χ1v) is 5.61. The molecule has 2 N–H and O–H groups in total. The van der Waals surface area contributed by atoms with Gasteiger partial charge in [-0.15, -0.1) is 0 Å². The number of allylic oxidation sites excluding steroid dienone is 2. The first kappa shape index (κ1) is 10.0. The highest BCUT2D eigenvalue weighted by Gasteiger charge is 2.38. The van der Waals surface area contributed by atoms with Crippen molar-refractivity contribution in [2.24, 2.45) is 0 Å². The molecule has 0 aliphatic heterocycles. The topological polar surface area (TPSA) is 74.6 Å². The molecule has 0 aromatic carbocycles. The molecule has 1 aliphatic rings. The lowest BCUT2D eigenvalue weighted by atomic mass is 10.2. The number of halogens is 1. The van der Waals surface area contributed by atoms with Crippen LogP contribution in [0.15, 0.2) is 24.0 Å². The van der Waals surface area contributed by atoms with E-state index in [1.54, 1.807) is 22.6 Å². The van der Waals surface area contributed by atoms with E-state index in [0.717, 1.165) is 0 Å². The fraction of sp³-hybridized carbons (Fsp3) is 0.333. The number of hydrogen-bond donors (Lipinski definition) is 2. The summed E-state index contributed by atoms with van der Waals surface area (Å²) in [5.41, 5.74) is 0. The minimum atomic E-state index is -4.10. The van der Waals surface area contributed by atoms with Crippen molar-refractivity contribution in [3.63, 3.8) is 0 Å². The Bertz CT molecular complexity index is 343. The summed E-state index contributed by atoms with van der Waals surface area (Å²) in [5.74, 6) is 0.0194. The average Bonchev–Trinajstić information content (AvgIpc) is 1.93. The summed E-state index contributed by atoms with van der Waals surface area (Å²) in [4.78, 5) is 0. The molecule has 0 aromatic rings. The highest BCUT2D eigenvalue weighted by molar-refractivity contribution is 14.1. The van der Waals surface area contributed by atoms with Gasteiger partial charge in [-0.05, 0) is 18.2 Å². The summed E-state index contributed by atoms with van der Waals surface area (Å²) in [7, 11) is -4.10. The quantitative estimate of drug-likeness (QED) is 0.436. The molecule has 0 radical (unpaired) electrons. The fourth-order valence-electron chi connectivity index (χ4n) is 0.781. The summed E-state index contributed by atoms with van der Waals surface area (Å²) in [6, 6.07) is 0. The molecule has 68 valence electrons. The Morgan fingerprint density at radius 1 is 1.58 bits per heavy atom. The molecule has 0 amide bonds. The van der Waals surface area contributed by atoms with Gasteiger partial charge in [0.05, 0.1) is 0 Å². The molecule has 12 heavy (non-hydrogen) atoms. The molecule has 0 heterocycles. The molecule has 1 aliphatic carbocycles. The fourth-order valence-corrected chi connectivity index (χ4v) is 1.71. The third kappa shape index (κ3) is 1.80.